The third-order valence-corrected chi connectivity index (χ3v) is 6.90. The second-order valence-electron chi connectivity index (χ2n) is 7.46. The number of amides is 2. The number of thioether (sulfide) groups is 1. The van der Waals surface area contributed by atoms with Gasteiger partial charge in [0.1, 0.15) is 5.82 Å². The minimum Gasteiger partial charge on any atom is -0.355 e. The zero-order valence-corrected chi connectivity index (χ0v) is 16.2. The number of halogens is 1. The van der Waals surface area contributed by atoms with E-state index >= 15 is 0 Å². The second kappa shape index (κ2) is 7.91. The molecular formula is C21H22FN3O2S. The first-order valence-corrected chi connectivity index (χ1v) is 10.5. The van der Waals surface area contributed by atoms with Crippen LogP contribution in [0.1, 0.15) is 31.2 Å². The van der Waals surface area contributed by atoms with Gasteiger partial charge in [0, 0.05) is 35.2 Å². The Labute approximate surface area is 167 Å². The maximum absolute atomic E-state index is 14.2. The van der Waals surface area contributed by atoms with Gasteiger partial charge in [-0.2, -0.15) is 0 Å². The van der Waals surface area contributed by atoms with E-state index in [-0.39, 0.29) is 29.5 Å². The van der Waals surface area contributed by atoms with E-state index in [1.165, 1.54) is 6.20 Å². The van der Waals surface area contributed by atoms with Crippen molar-refractivity contribution in [3.05, 3.63) is 54.1 Å². The third-order valence-electron chi connectivity index (χ3n) is 5.67. The summed E-state index contributed by atoms with van der Waals surface area (Å²) in [4.78, 5) is 29.9. The number of pyridine rings is 1. The highest BCUT2D eigenvalue weighted by Crippen LogP contribution is 2.44. The van der Waals surface area contributed by atoms with Crippen LogP contribution >= 0.6 is 11.8 Å². The maximum atomic E-state index is 14.2. The van der Waals surface area contributed by atoms with E-state index in [0.717, 1.165) is 29.8 Å². The third kappa shape index (κ3) is 3.76. The normalized spacial score (nSPS) is 20.3. The summed E-state index contributed by atoms with van der Waals surface area (Å²) in [5.74, 6) is -0.472. The number of carbonyl (C=O) groups excluding carboxylic acids is 2. The zero-order chi connectivity index (χ0) is 19.6. The van der Waals surface area contributed by atoms with Crippen molar-refractivity contribution >= 4 is 29.3 Å². The Morgan fingerprint density at radius 2 is 2.14 bits per heavy atom. The Balaban J connectivity index is 1.37. The Morgan fingerprint density at radius 3 is 2.89 bits per heavy atom. The van der Waals surface area contributed by atoms with Gasteiger partial charge in [-0.1, -0.05) is 18.6 Å². The molecule has 1 aliphatic heterocycles. The Kier molecular flexibility index (Phi) is 5.35. The maximum Gasteiger partial charge on any atom is 0.228 e. The summed E-state index contributed by atoms with van der Waals surface area (Å²) < 4.78 is 14.2. The highest BCUT2D eigenvalue weighted by Gasteiger charge is 2.41. The smallest absolute Gasteiger partial charge is 0.228 e. The van der Waals surface area contributed by atoms with Crippen molar-refractivity contribution in [2.24, 2.45) is 5.92 Å². The van der Waals surface area contributed by atoms with E-state index in [2.05, 4.69) is 15.6 Å². The predicted octanol–water partition coefficient (Wildman–Crippen LogP) is 3.51. The first-order chi connectivity index (χ1) is 13.6. The Hall–Kier alpha value is -2.41. The van der Waals surface area contributed by atoms with Gasteiger partial charge in [0.2, 0.25) is 11.8 Å². The first kappa shape index (κ1) is 18.9. The molecule has 1 fully saturated rings. The lowest BCUT2D eigenvalue weighted by Crippen LogP contribution is -2.46. The van der Waals surface area contributed by atoms with Crippen LogP contribution in [0, 0.1) is 11.7 Å². The summed E-state index contributed by atoms with van der Waals surface area (Å²) >= 11 is 1.58. The number of para-hydroxylation sites is 1. The summed E-state index contributed by atoms with van der Waals surface area (Å²) in [5, 5.41) is 5.85. The van der Waals surface area contributed by atoms with Crippen LogP contribution in [0.4, 0.5) is 10.1 Å². The summed E-state index contributed by atoms with van der Waals surface area (Å²) in [5.41, 5.74) is 1.05. The van der Waals surface area contributed by atoms with Gasteiger partial charge in [-0.15, -0.1) is 11.8 Å². The molecule has 1 saturated carbocycles. The number of nitrogens with zero attached hydrogens (tertiary/aromatic N) is 1. The molecule has 2 aliphatic rings. The summed E-state index contributed by atoms with van der Waals surface area (Å²) in [7, 11) is 0. The fraction of sp³-hybridized carbons (Fsp3) is 0.381. The molecule has 2 amide bonds. The SMILES string of the molecule is O=C(CC1CSc2ccccc2NC1=O)NCC1(c2ccncc2F)CCC1. The number of hydrogen-bond donors (Lipinski definition) is 2. The molecule has 28 heavy (non-hydrogen) atoms. The average molecular weight is 399 g/mol. The van der Waals surface area contributed by atoms with Crippen LogP contribution in [-0.2, 0) is 15.0 Å². The second-order valence-corrected chi connectivity index (χ2v) is 8.53. The molecule has 2 aromatic rings. The number of fused-ring (bicyclic) bond motifs is 1. The topological polar surface area (TPSA) is 71.1 Å². The molecule has 2 N–H and O–H groups in total. The lowest BCUT2D eigenvalue weighted by atomic mass is 9.64. The molecule has 5 nitrogen and oxygen atoms in total. The number of rotatable bonds is 5. The van der Waals surface area contributed by atoms with Crippen molar-refractivity contribution in [3.63, 3.8) is 0 Å². The van der Waals surface area contributed by atoms with Crippen LogP contribution in [-0.4, -0.2) is 29.1 Å². The molecular weight excluding hydrogens is 377 g/mol. The molecule has 1 aromatic heterocycles. The predicted molar refractivity (Wildman–Crippen MR) is 107 cm³/mol. The number of aromatic nitrogens is 1. The van der Waals surface area contributed by atoms with Gasteiger partial charge in [-0.25, -0.2) is 4.39 Å². The lowest BCUT2D eigenvalue weighted by Gasteiger charge is -2.42. The van der Waals surface area contributed by atoms with Gasteiger partial charge in [0.15, 0.2) is 0 Å². The quantitative estimate of drug-likeness (QED) is 0.807. The van der Waals surface area contributed by atoms with Crippen LogP contribution < -0.4 is 10.6 Å². The van der Waals surface area contributed by atoms with Crippen molar-refractivity contribution in [2.75, 3.05) is 17.6 Å². The standard InChI is InChI=1S/C21H22FN3O2S/c22-16-11-23-9-6-15(16)21(7-3-8-21)13-24-19(26)10-14-12-28-18-5-2-1-4-17(18)25-20(14)27/h1-2,4-6,9,11,14H,3,7-8,10,12-13H2,(H,24,26)(H,25,27). The highest BCUT2D eigenvalue weighted by atomic mass is 32.2. The van der Waals surface area contributed by atoms with Gasteiger partial charge in [-0.05, 0) is 36.6 Å². The number of hydrogen-bond acceptors (Lipinski definition) is 4. The molecule has 0 bridgehead atoms. The fourth-order valence-corrected chi connectivity index (χ4v) is 4.96. The van der Waals surface area contributed by atoms with Crippen LogP contribution in [0.5, 0.6) is 0 Å². The van der Waals surface area contributed by atoms with E-state index in [0.29, 0.717) is 17.9 Å². The molecule has 146 valence electrons. The van der Waals surface area contributed by atoms with Crippen molar-refractivity contribution in [3.8, 4) is 0 Å². The largest absolute Gasteiger partial charge is 0.355 e. The molecule has 0 saturated heterocycles. The molecule has 0 spiro atoms. The molecule has 1 unspecified atom stereocenters. The highest BCUT2D eigenvalue weighted by molar-refractivity contribution is 7.99. The summed E-state index contributed by atoms with van der Waals surface area (Å²) in [6.45, 7) is 0.383. The summed E-state index contributed by atoms with van der Waals surface area (Å²) in [6.07, 6.45) is 5.62. The van der Waals surface area contributed by atoms with Crippen molar-refractivity contribution in [1.82, 2.24) is 10.3 Å². The molecule has 1 atom stereocenters. The van der Waals surface area contributed by atoms with E-state index in [9.17, 15) is 14.0 Å². The molecule has 4 rings (SSSR count). The summed E-state index contributed by atoms with van der Waals surface area (Å²) in [6, 6.07) is 9.34. The number of carbonyl (C=O) groups is 2. The van der Waals surface area contributed by atoms with Crippen molar-refractivity contribution < 1.29 is 14.0 Å². The van der Waals surface area contributed by atoms with Crippen LogP contribution in [0.3, 0.4) is 0 Å². The molecule has 7 heteroatoms. The number of benzene rings is 1. The van der Waals surface area contributed by atoms with Crippen LogP contribution in [0.15, 0.2) is 47.6 Å². The lowest BCUT2D eigenvalue weighted by molar-refractivity contribution is -0.127. The zero-order valence-electron chi connectivity index (χ0n) is 15.4. The number of anilines is 1. The van der Waals surface area contributed by atoms with Gasteiger partial charge < -0.3 is 10.6 Å². The molecule has 2 heterocycles. The average Bonchev–Trinajstić information content (AvgIpc) is 2.81. The molecule has 1 aliphatic carbocycles. The van der Waals surface area contributed by atoms with Crippen LogP contribution in [0.25, 0.3) is 0 Å². The van der Waals surface area contributed by atoms with E-state index in [4.69, 9.17) is 0 Å². The minimum absolute atomic E-state index is 0.127. The van der Waals surface area contributed by atoms with Crippen molar-refractivity contribution in [1.29, 1.82) is 0 Å². The van der Waals surface area contributed by atoms with Gasteiger partial charge in [0.05, 0.1) is 17.8 Å². The van der Waals surface area contributed by atoms with Crippen LogP contribution in [0.2, 0.25) is 0 Å². The molecule has 0 radical (unpaired) electrons. The van der Waals surface area contributed by atoms with Gasteiger partial charge in [0.25, 0.3) is 0 Å². The monoisotopic (exact) mass is 399 g/mol. The number of nitrogens with one attached hydrogen (secondary N) is 2. The van der Waals surface area contributed by atoms with E-state index in [1.807, 2.05) is 24.3 Å². The van der Waals surface area contributed by atoms with Gasteiger partial charge >= 0.3 is 0 Å². The van der Waals surface area contributed by atoms with E-state index < -0.39 is 5.92 Å². The first-order valence-electron chi connectivity index (χ1n) is 9.47. The minimum atomic E-state index is -0.396. The fourth-order valence-electron chi connectivity index (χ4n) is 3.86. The Bertz CT molecular complexity index is 901. The van der Waals surface area contributed by atoms with Gasteiger partial charge in [-0.3, -0.25) is 14.6 Å². The molecule has 1 aromatic carbocycles. The Morgan fingerprint density at radius 1 is 1.32 bits per heavy atom. The van der Waals surface area contributed by atoms with Crippen molar-refractivity contribution in [2.45, 2.75) is 36.0 Å². The van der Waals surface area contributed by atoms with E-state index in [1.54, 1.807) is 24.0 Å².